The molecule has 0 spiro atoms. The minimum atomic E-state index is 0.0799. The van der Waals surface area contributed by atoms with Crippen molar-refractivity contribution in [2.75, 3.05) is 6.61 Å². The Morgan fingerprint density at radius 2 is 1.70 bits per heavy atom. The summed E-state index contributed by atoms with van der Waals surface area (Å²) in [5, 5.41) is 0. The van der Waals surface area contributed by atoms with Gasteiger partial charge in [-0.2, -0.15) is 0 Å². The molecule has 1 aliphatic rings. The third kappa shape index (κ3) is 2.14. The fraction of sp³-hybridized carbons (Fsp3) is 0.167. The third-order valence-corrected chi connectivity index (χ3v) is 3.59. The van der Waals surface area contributed by atoms with Crippen LogP contribution in [0.1, 0.15) is 27.0 Å². The van der Waals surface area contributed by atoms with Crippen LogP contribution in [-0.4, -0.2) is 12.4 Å². The molecule has 0 N–H and O–H groups in total. The zero-order valence-electron chi connectivity index (χ0n) is 11.6. The number of ether oxygens (including phenoxy) is 1. The number of hydrogen-bond acceptors (Lipinski definition) is 2. The first kappa shape index (κ1) is 12.7. The largest absolute Gasteiger partial charge is 0.488 e. The number of hydrogen-bond donors (Lipinski definition) is 0. The minimum absolute atomic E-state index is 0.0799. The molecule has 20 heavy (non-hydrogen) atoms. The molecule has 2 nitrogen and oxygen atoms in total. The number of Topliss-reactive ketones (excluding diaryl/α,β-unsaturated/α-hetero) is 1. The summed E-state index contributed by atoms with van der Waals surface area (Å²) < 4.78 is 5.80. The number of carbonyl (C=O) groups is 1. The van der Waals surface area contributed by atoms with Crippen LogP contribution in [0, 0.1) is 13.8 Å². The molecule has 3 rings (SSSR count). The van der Waals surface area contributed by atoms with Crippen molar-refractivity contribution in [2.24, 2.45) is 0 Å². The molecule has 0 unspecified atom stereocenters. The summed E-state index contributed by atoms with van der Waals surface area (Å²) in [4.78, 5) is 12.6. The van der Waals surface area contributed by atoms with Crippen LogP contribution in [0.2, 0.25) is 0 Å². The Morgan fingerprint density at radius 1 is 1.00 bits per heavy atom. The molecule has 1 heterocycles. The zero-order chi connectivity index (χ0) is 14.1. The maximum atomic E-state index is 12.6. The Bertz CT molecular complexity index is 697. The van der Waals surface area contributed by atoms with E-state index >= 15 is 0 Å². The Kier molecular flexibility index (Phi) is 3.15. The lowest BCUT2D eigenvalue weighted by Crippen LogP contribution is -2.21. The molecular formula is C18H16O2. The number of aryl methyl sites for hydroxylation is 2. The van der Waals surface area contributed by atoms with E-state index in [1.807, 2.05) is 62.4 Å². The molecular weight excluding hydrogens is 248 g/mol. The first-order valence-corrected chi connectivity index (χ1v) is 6.70. The van der Waals surface area contributed by atoms with Crippen LogP contribution < -0.4 is 4.74 Å². The molecule has 0 saturated heterocycles. The highest BCUT2D eigenvalue weighted by Gasteiger charge is 2.26. The summed E-state index contributed by atoms with van der Waals surface area (Å²) in [5.74, 6) is 0.816. The lowest BCUT2D eigenvalue weighted by atomic mass is 9.93. The van der Waals surface area contributed by atoms with Crippen molar-refractivity contribution in [1.82, 2.24) is 0 Å². The van der Waals surface area contributed by atoms with Gasteiger partial charge in [0.05, 0.1) is 5.56 Å². The molecule has 0 atom stereocenters. The Balaban J connectivity index is 2.06. The number of benzene rings is 2. The van der Waals surface area contributed by atoms with Crippen LogP contribution in [0.15, 0.2) is 48.0 Å². The van der Waals surface area contributed by atoms with Crippen molar-refractivity contribution >= 4 is 11.9 Å². The van der Waals surface area contributed by atoms with Gasteiger partial charge >= 0.3 is 0 Å². The molecule has 0 bridgehead atoms. The standard InChI is InChI=1S/C18H16O2/c1-12-8-9-13(2)18-16(12)17(19)15(11-20-18)10-14-6-4-3-5-7-14/h3-10H,11H2,1-2H3/b15-10+. The predicted molar refractivity (Wildman–Crippen MR) is 80.2 cm³/mol. The van der Waals surface area contributed by atoms with E-state index in [1.165, 1.54) is 0 Å². The summed E-state index contributed by atoms with van der Waals surface area (Å²) in [7, 11) is 0. The summed E-state index contributed by atoms with van der Waals surface area (Å²) >= 11 is 0. The first-order valence-electron chi connectivity index (χ1n) is 6.70. The SMILES string of the molecule is Cc1ccc(C)c2c1OC/C(=C\c1ccccc1)C2=O. The smallest absolute Gasteiger partial charge is 0.196 e. The van der Waals surface area contributed by atoms with Gasteiger partial charge < -0.3 is 4.74 Å². The van der Waals surface area contributed by atoms with Gasteiger partial charge in [-0.3, -0.25) is 4.79 Å². The highest BCUT2D eigenvalue weighted by Crippen LogP contribution is 2.33. The second-order valence-electron chi connectivity index (χ2n) is 5.10. The maximum Gasteiger partial charge on any atom is 0.196 e. The average molecular weight is 264 g/mol. The van der Waals surface area contributed by atoms with Gasteiger partial charge in [-0.25, -0.2) is 0 Å². The molecule has 0 amide bonds. The molecule has 0 fully saturated rings. The van der Waals surface area contributed by atoms with E-state index in [0.717, 1.165) is 22.4 Å². The summed E-state index contributed by atoms with van der Waals surface area (Å²) in [6.07, 6.45) is 1.91. The van der Waals surface area contributed by atoms with Crippen molar-refractivity contribution < 1.29 is 9.53 Å². The molecule has 0 aliphatic carbocycles. The van der Waals surface area contributed by atoms with Crippen molar-refractivity contribution in [3.05, 3.63) is 70.3 Å². The minimum Gasteiger partial charge on any atom is -0.488 e. The number of rotatable bonds is 1. The van der Waals surface area contributed by atoms with E-state index in [1.54, 1.807) is 0 Å². The third-order valence-electron chi connectivity index (χ3n) is 3.59. The fourth-order valence-corrected chi connectivity index (χ4v) is 2.49. The number of carbonyl (C=O) groups excluding carboxylic acids is 1. The van der Waals surface area contributed by atoms with E-state index < -0.39 is 0 Å². The molecule has 0 aromatic heterocycles. The lowest BCUT2D eigenvalue weighted by Gasteiger charge is -2.22. The highest BCUT2D eigenvalue weighted by molar-refractivity contribution is 6.15. The van der Waals surface area contributed by atoms with Gasteiger partial charge in [0.2, 0.25) is 0 Å². The molecule has 2 aromatic carbocycles. The van der Waals surface area contributed by atoms with Gasteiger partial charge in [-0.05, 0) is 36.6 Å². The van der Waals surface area contributed by atoms with Gasteiger partial charge in [-0.15, -0.1) is 0 Å². The van der Waals surface area contributed by atoms with Gasteiger partial charge in [0, 0.05) is 5.57 Å². The molecule has 0 saturated carbocycles. The fourth-order valence-electron chi connectivity index (χ4n) is 2.49. The highest BCUT2D eigenvalue weighted by atomic mass is 16.5. The van der Waals surface area contributed by atoms with E-state index in [0.29, 0.717) is 17.7 Å². The average Bonchev–Trinajstić information content (AvgIpc) is 2.46. The van der Waals surface area contributed by atoms with Gasteiger partial charge in [-0.1, -0.05) is 42.5 Å². The predicted octanol–water partition coefficient (Wildman–Crippen LogP) is 3.96. The van der Waals surface area contributed by atoms with Crippen LogP contribution in [0.3, 0.4) is 0 Å². The van der Waals surface area contributed by atoms with Crippen LogP contribution in [0.5, 0.6) is 5.75 Å². The Morgan fingerprint density at radius 3 is 2.45 bits per heavy atom. The second kappa shape index (κ2) is 4.97. The van der Waals surface area contributed by atoms with Crippen molar-refractivity contribution in [1.29, 1.82) is 0 Å². The summed E-state index contributed by atoms with van der Waals surface area (Å²) in [6, 6.07) is 13.8. The van der Waals surface area contributed by atoms with Crippen molar-refractivity contribution in [3.63, 3.8) is 0 Å². The topological polar surface area (TPSA) is 26.3 Å². The van der Waals surface area contributed by atoms with Gasteiger partial charge in [0.15, 0.2) is 5.78 Å². The molecule has 2 aromatic rings. The van der Waals surface area contributed by atoms with E-state index in [9.17, 15) is 4.79 Å². The zero-order valence-corrected chi connectivity index (χ0v) is 11.6. The Labute approximate surface area is 118 Å². The summed E-state index contributed by atoms with van der Waals surface area (Å²) in [5.41, 5.74) is 4.41. The molecule has 0 radical (unpaired) electrons. The summed E-state index contributed by atoms with van der Waals surface area (Å²) in [6.45, 7) is 4.26. The van der Waals surface area contributed by atoms with E-state index in [4.69, 9.17) is 4.74 Å². The second-order valence-corrected chi connectivity index (χ2v) is 5.10. The quantitative estimate of drug-likeness (QED) is 0.729. The lowest BCUT2D eigenvalue weighted by molar-refractivity contribution is 0.0999. The van der Waals surface area contributed by atoms with E-state index in [2.05, 4.69) is 0 Å². The molecule has 100 valence electrons. The molecule has 1 aliphatic heterocycles. The molecule has 2 heteroatoms. The maximum absolute atomic E-state index is 12.6. The number of fused-ring (bicyclic) bond motifs is 1. The van der Waals surface area contributed by atoms with Gasteiger partial charge in [0.25, 0.3) is 0 Å². The van der Waals surface area contributed by atoms with Crippen molar-refractivity contribution in [2.45, 2.75) is 13.8 Å². The number of ketones is 1. The van der Waals surface area contributed by atoms with Crippen LogP contribution in [0.25, 0.3) is 6.08 Å². The normalized spacial score (nSPS) is 15.9. The van der Waals surface area contributed by atoms with Crippen molar-refractivity contribution in [3.8, 4) is 5.75 Å². The van der Waals surface area contributed by atoms with Crippen LogP contribution in [0.4, 0.5) is 0 Å². The van der Waals surface area contributed by atoms with E-state index in [-0.39, 0.29) is 5.78 Å². The van der Waals surface area contributed by atoms with Gasteiger partial charge in [0.1, 0.15) is 12.4 Å². The monoisotopic (exact) mass is 264 g/mol. The van der Waals surface area contributed by atoms with Crippen LogP contribution >= 0.6 is 0 Å². The first-order chi connectivity index (χ1) is 9.66. The Hall–Kier alpha value is -2.35. The van der Waals surface area contributed by atoms with Crippen LogP contribution in [-0.2, 0) is 0 Å².